The lowest BCUT2D eigenvalue weighted by Crippen LogP contribution is -2.53. The van der Waals surface area contributed by atoms with Crippen molar-refractivity contribution >= 4 is 12.0 Å². The number of ether oxygens (including phenoxy) is 4. The molecule has 8 heteroatoms. The predicted molar refractivity (Wildman–Crippen MR) is 90.4 cm³/mol. The fourth-order valence-corrected chi connectivity index (χ4v) is 3.25. The van der Waals surface area contributed by atoms with Gasteiger partial charge >= 0.3 is 6.09 Å². The Balaban J connectivity index is 1.64. The predicted octanol–water partition coefficient (Wildman–Crippen LogP) is 0.888. The minimum Gasteiger partial charge on any atom is -0.447 e. The van der Waals surface area contributed by atoms with E-state index in [-0.39, 0.29) is 30.2 Å². The molecule has 2 heterocycles. The normalized spacial score (nSPS) is 20.8. The Kier molecular flexibility index (Phi) is 7.46. The quantitative estimate of drug-likeness (QED) is 0.570. The maximum atomic E-state index is 12.2. The van der Waals surface area contributed by atoms with Crippen molar-refractivity contribution in [2.75, 3.05) is 59.8 Å². The first-order valence-corrected chi connectivity index (χ1v) is 8.84. The summed E-state index contributed by atoms with van der Waals surface area (Å²) < 4.78 is 20.7. The standard InChI is InChI=1S/C17H30N2O6/c1-17(2)13-25-16(21)19(17)14-4-6-18(7-5-14)15(20)12-24-11-10-23-9-8-22-3/h14H,4-13H2,1-3H3. The second-order valence-corrected chi connectivity index (χ2v) is 7.01. The van der Waals surface area contributed by atoms with Gasteiger partial charge in [0.15, 0.2) is 0 Å². The highest BCUT2D eigenvalue weighted by Gasteiger charge is 2.44. The number of nitrogens with zero attached hydrogens (tertiary/aromatic N) is 2. The van der Waals surface area contributed by atoms with Crippen LogP contribution in [0.15, 0.2) is 0 Å². The van der Waals surface area contributed by atoms with Gasteiger partial charge in [0.2, 0.25) is 5.91 Å². The molecule has 0 bridgehead atoms. The highest BCUT2D eigenvalue weighted by atomic mass is 16.6. The van der Waals surface area contributed by atoms with Gasteiger partial charge in [0.1, 0.15) is 13.2 Å². The molecule has 0 radical (unpaired) electrons. The van der Waals surface area contributed by atoms with Crippen LogP contribution < -0.4 is 0 Å². The van der Waals surface area contributed by atoms with Gasteiger partial charge in [-0.1, -0.05) is 0 Å². The third-order valence-electron chi connectivity index (χ3n) is 4.61. The summed E-state index contributed by atoms with van der Waals surface area (Å²) >= 11 is 0. The van der Waals surface area contributed by atoms with Crippen LogP contribution in [-0.2, 0) is 23.7 Å². The number of rotatable bonds is 9. The lowest BCUT2D eigenvalue weighted by molar-refractivity contribution is -0.138. The summed E-state index contributed by atoms with van der Waals surface area (Å²) in [5, 5.41) is 0. The van der Waals surface area contributed by atoms with Gasteiger partial charge in [0.25, 0.3) is 0 Å². The lowest BCUT2D eigenvalue weighted by Gasteiger charge is -2.40. The van der Waals surface area contributed by atoms with E-state index in [1.807, 2.05) is 18.7 Å². The molecule has 0 aliphatic carbocycles. The van der Waals surface area contributed by atoms with Gasteiger partial charge in [-0.25, -0.2) is 4.79 Å². The van der Waals surface area contributed by atoms with E-state index in [0.717, 1.165) is 12.8 Å². The molecule has 2 fully saturated rings. The number of methoxy groups -OCH3 is 1. The molecule has 25 heavy (non-hydrogen) atoms. The maximum Gasteiger partial charge on any atom is 0.410 e. The molecule has 2 aliphatic rings. The molecule has 0 aromatic carbocycles. The highest BCUT2D eigenvalue weighted by Crippen LogP contribution is 2.30. The first-order chi connectivity index (χ1) is 12.0. The van der Waals surface area contributed by atoms with Gasteiger partial charge in [0.05, 0.1) is 32.0 Å². The molecule has 2 amide bonds. The van der Waals surface area contributed by atoms with Crippen LogP contribution in [0.4, 0.5) is 4.79 Å². The Morgan fingerprint density at radius 3 is 2.40 bits per heavy atom. The van der Waals surface area contributed by atoms with Crippen molar-refractivity contribution < 1.29 is 28.5 Å². The number of carbonyl (C=O) groups excluding carboxylic acids is 2. The largest absolute Gasteiger partial charge is 0.447 e. The smallest absolute Gasteiger partial charge is 0.410 e. The first-order valence-electron chi connectivity index (χ1n) is 8.84. The summed E-state index contributed by atoms with van der Waals surface area (Å²) in [4.78, 5) is 27.8. The van der Waals surface area contributed by atoms with Crippen LogP contribution in [0.2, 0.25) is 0 Å². The van der Waals surface area contributed by atoms with Crippen molar-refractivity contribution in [2.45, 2.75) is 38.3 Å². The van der Waals surface area contributed by atoms with Gasteiger partial charge < -0.3 is 23.8 Å². The van der Waals surface area contributed by atoms with E-state index in [9.17, 15) is 9.59 Å². The summed E-state index contributed by atoms with van der Waals surface area (Å²) in [6.07, 6.45) is 1.29. The number of likely N-dealkylation sites (tertiary alicyclic amines) is 1. The molecule has 0 N–H and O–H groups in total. The van der Waals surface area contributed by atoms with Crippen molar-refractivity contribution in [1.29, 1.82) is 0 Å². The molecule has 2 rings (SSSR count). The summed E-state index contributed by atoms with van der Waals surface area (Å²) in [5.74, 6) is -0.0152. The molecule has 0 aromatic rings. The van der Waals surface area contributed by atoms with Gasteiger partial charge in [-0.05, 0) is 26.7 Å². The summed E-state index contributed by atoms with van der Waals surface area (Å²) in [6.45, 7) is 7.70. The van der Waals surface area contributed by atoms with E-state index in [1.54, 1.807) is 12.0 Å². The number of cyclic esters (lactones) is 1. The van der Waals surface area contributed by atoms with Crippen molar-refractivity contribution in [1.82, 2.24) is 9.80 Å². The van der Waals surface area contributed by atoms with Crippen LogP contribution in [0.1, 0.15) is 26.7 Å². The summed E-state index contributed by atoms with van der Waals surface area (Å²) in [7, 11) is 1.62. The Labute approximate surface area is 149 Å². The van der Waals surface area contributed by atoms with Gasteiger partial charge in [0, 0.05) is 26.2 Å². The van der Waals surface area contributed by atoms with Gasteiger partial charge in [-0.2, -0.15) is 0 Å². The molecular weight excluding hydrogens is 328 g/mol. The van der Waals surface area contributed by atoms with Crippen LogP contribution in [0, 0.1) is 0 Å². The molecule has 0 spiro atoms. The fourth-order valence-electron chi connectivity index (χ4n) is 3.25. The number of amides is 2. The Morgan fingerprint density at radius 1 is 1.16 bits per heavy atom. The van der Waals surface area contributed by atoms with Crippen molar-refractivity contribution in [3.8, 4) is 0 Å². The van der Waals surface area contributed by atoms with Gasteiger partial charge in [-0.3, -0.25) is 9.69 Å². The number of hydrogen-bond acceptors (Lipinski definition) is 6. The molecule has 0 aromatic heterocycles. The monoisotopic (exact) mass is 358 g/mol. The topological polar surface area (TPSA) is 77.5 Å². The lowest BCUT2D eigenvalue weighted by atomic mass is 9.97. The molecule has 144 valence electrons. The zero-order valence-corrected chi connectivity index (χ0v) is 15.5. The third kappa shape index (κ3) is 5.55. The minimum absolute atomic E-state index is 0.0152. The van der Waals surface area contributed by atoms with Gasteiger partial charge in [-0.15, -0.1) is 0 Å². The average molecular weight is 358 g/mol. The van der Waals surface area contributed by atoms with Crippen LogP contribution >= 0.6 is 0 Å². The maximum absolute atomic E-state index is 12.2. The zero-order valence-electron chi connectivity index (χ0n) is 15.5. The molecule has 2 aliphatic heterocycles. The highest BCUT2D eigenvalue weighted by molar-refractivity contribution is 5.77. The van der Waals surface area contributed by atoms with E-state index in [4.69, 9.17) is 18.9 Å². The molecule has 0 atom stereocenters. The minimum atomic E-state index is -0.278. The number of carbonyl (C=O) groups is 2. The van der Waals surface area contributed by atoms with Crippen LogP contribution in [-0.4, -0.2) is 93.2 Å². The number of piperidine rings is 1. The van der Waals surface area contributed by atoms with E-state index in [1.165, 1.54) is 0 Å². The van der Waals surface area contributed by atoms with E-state index < -0.39 is 0 Å². The van der Waals surface area contributed by atoms with Crippen LogP contribution in [0.3, 0.4) is 0 Å². The van der Waals surface area contributed by atoms with E-state index in [2.05, 4.69) is 0 Å². The summed E-state index contributed by atoms with van der Waals surface area (Å²) in [5.41, 5.74) is -0.278. The van der Waals surface area contributed by atoms with Crippen molar-refractivity contribution in [2.24, 2.45) is 0 Å². The molecule has 2 saturated heterocycles. The Bertz CT molecular complexity index is 448. The van der Waals surface area contributed by atoms with E-state index in [0.29, 0.717) is 46.1 Å². The molecule has 8 nitrogen and oxygen atoms in total. The second kappa shape index (κ2) is 9.35. The SMILES string of the molecule is COCCOCCOCC(=O)N1CCC(N2C(=O)OCC2(C)C)CC1. The first kappa shape index (κ1) is 19.9. The van der Waals surface area contributed by atoms with E-state index >= 15 is 0 Å². The van der Waals surface area contributed by atoms with Crippen LogP contribution in [0.25, 0.3) is 0 Å². The number of hydrogen-bond donors (Lipinski definition) is 0. The average Bonchev–Trinajstić information content (AvgIpc) is 2.87. The molecular formula is C17H30N2O6. The Morgan fingerprint density at radius 2 is 1.80 bits per heavy atom. The molecule has 0 unspecified atom stereocenters. The summed E-state index contributed by atoms with van der Waals surface area (Å²) in [6, 6.07) is 0.129. The molecule has 0 saturated carbocycles. The van der Waals surface area contributed by atoms with Crippen LogP contribution in [0.5, 0.6) is 0 Å². The second-order valence-electron chi connectivity index (χ2n) is 7.01. The zero-order chi connectivity index (χ0) is 18.3. The third-order valence-corrected chi connectivity index (χ3v) is 4.61. The Hall–Kier alpha value is -1.38. The van der Waals surface area contributed by atoms with Crippen molar-refractivity contribution in [3.05, 3.63) is 0 Å². The fraction of sp³-hybridized carbons (Fsp3) is 0.882. The van der Waals surface area contributed by atoms with Crippen molar-refractivity contribution in [3.63, 3.8) is 0 Å².